The van der Waals surface area contributed by atoms with Gasteiger partial charge in [0.1, 0.15) is 0 Å². The minimum absolute atomic E-state index is 0. The Morgan fingerprint density at radius 2 is 1.21 bits per heavy atom. The van der Waals surface area contributed by atoms with Gasteiger partial charge in [0.05, 0.1) is 11.5 Å². The first-order valence-electron chi connectivity index (χ1n) is 9.11. The number of unbranched alkanes of at least 4 members (excludes halogenated alkanes) is 10. The van der Waals surface area contributed by atoms with Crippen molar-refractivity contribution in [3.63, 3.8) is 0 Å². The van der Waals surface area contributed by atoms with Crippen LogP contribution in [0, 0.1) is 0 Å². The summed E-state index contributed by atoms with van der Waals surface area (Å²) in [7, 11) is -3.57. The Kier molecular flexibility index (Phi) is 14.8. The minimum atomic E-state index is -3.57. The van der Waals surface area contributed by atoms with E-state index in [9.17, 15) is 8.42 Å². The van der Waals surface area contributed by atoms with E-state index in [0.29, 0.717) is 0 Å². The summed E-state index contributed by atoms with van der Waals surface area (Å²) in [4.78, 5) is 0.239. The number of rotatable bonds is 14. The van der Waals surface area contributed by atoms with Gasteiger partial charge < -0.3 is 0 Å². The fourth-order valence-corrected chi connectivity index (χ4v) is 3.55. The molecule has 3 nitrogen and oxygen atoms in total. The van der Waals surface area contributed by atoms with Gasteiger partial charge in [0.2, 0.25) is 0 Å². The monoisotopic (exact) mass is 347 g/mol. The van der Waals surface area contributed by atoms with Crippen molar-refractivity contribution in [3.8, 4) is 0 Å². The van der Waals surface area contributed by atoms with E-state index in [2.05, 4.69) is 6.92 Å². The molecule has 0 bridgehead atoms. The Hall–Kier alpha value is -0.273. The molecule has 0 atom stereocenters. The van der Waals surface area contributed by atoms with E-state index < -0.39 is 10.1 Å². The molecule has 0 heterocycles. The predicted molar refractivity (Wildman–Crippen MR) is 102 cm³/mol. The summed E-state index contributed by atoms with van der Waals surface area (Å²) in [5.74, 6) is 0. The van der Waals surface area contributed by atoms with Crippen LogP contribution in [-0.4, -0.2) is 33.9 Å². The molecule has 0 amide bonds. The van der Waals surface area contributed by atoms with Gasteiger partial charge in [-0.05, 0) is 18.6 Å². The molecule has 1 aromatic carbocycles. The Balaban J connectivity index is 0.00000529. The molecule has 133 valence electrons. The van der Waals surface area contributed by atoms with Crippen LogP contribution in [0.25, 0.3) is 0 Å². The molecule has 5 heteroatoms. The van der Waals surface area contributed by atoms with Gasteiger partial charge in [0.15, 0.2) is 0 Å². The van der Waals surface area contributed by atoms with Crippen LogP contribution in [-0.2, 0) is 14.3 Å². The number of hydrogen-bond acceptors (Lipinski definition) is 3. The quantitative estimate of drug-likeness (QED) is 0.260. The molecule has 0 N–H and O–H groups in total. The molecule has 24 heavy (non-hydrogen) atoms. The standard InChI is InChI=1S/C19H32O3S.Li/c1-2-3-4-5-6-7-8-9-10-11-15-18-22-23(20,21)19-16-13-12-14-17-19;/h12-14,16-17H,2-11,15,18H2,1H3;. The fourth-order valence-electron chi connectivity index (χ4n) is 2.59. The number of hydrogen-bond donors (Lipinski definition) is 0. The van der Waals surface area contributed by atoms with E-state index in [1.807, 2.05) is 0 Å². The first-order valence-corrected chi connectivity index (χ1v) is 10.5. The summed E-state index contributed by atoms with van der Waals surface area (Å²) in [6.07, 6.45) is 13.7. The summed E-state index contributed by atoms with van der Waals surface area (Å²) in [6, 6.07) is 8.34. The average molecular weight is 347 g/mol. The van der Waals surface area contributed by atoms with Gasteiger partial charge in [-0.25, -0.2) is 0 Å². The van der Waals surface area contributed by atoms with Crippen LogP contribution in [0.5, 0.6) is 0 Å². The molecule has 0 aliphatic heterocycles. The summed E-state index contributed by atoms with van der Waals surface area (Å²) in [5, 5.41) is 0. The van der Waals surface area contributed by atoms with Gasteiger partial charge in [0.25, 0.3) is 10.1 Å². The third kappa shape index (κ3) is 11.3. The zero-order valence-corrected chi connectivity index (χ0v) is 16.3. The van der Waals surface area contributed by atoms with Gasteiger partial charge >= 0.3 is 0 Å². The van der Waals surface area contributed by atoms with Crippen molar-refractivity contribution in [1.82, 2.24) is 0 Å². The van der Waals surface area contributed by atoms with Crippen molar-refractivity contribution in [2.45, 2.75) is 82.4 Å². The molecule has 0 aromatic heterocycles. The van der Waals surface area contributed by atoms with Crippen LogP contribution in [0.2, 0.25) is 0 Å². The Bertz CT molecular complexity index is 489. The van der Waals surface area contributed by atoms with Gasteiger partial charge in [-0.3, -0.25) is 4.18 Å². The van der Waals surface area contributed by atoms with Gasteiger partial charge in [-0.1, -0.05) is 89.3 Å². The fraction of sp³-hybridized carbons (Fsp3) is 0.684. The minimum Gasteiger partial charge on any atom is -0.266 e. The van der Waals surface area contributed by atoms with E-state index in [4.69, 9.17) is 4.18 Å². The van der Waals surface area contributed by atoms with Crippen molar-refractivity contribution in [1.29, 1.82) is 0 Å². The molecule has 0 aliphatic carbocycles. The predicted octanol–water partition coefficient (Wildman–Crippen LogP) is 5.32. The van der Waals surface area contributed by atoms with Crippen molar-refractivity contribution < 1.29 is 12.6 Å². The summed E-state index contributed by atoms with van der Waals surface area (Å²) >= 11 is 0. The van der Waals surface area contributed by atoms with Crippen molar-refractivity contribution in [2.24, 2.45) is 0 Å². The Labute approximate surface area is 160 Å². The molecule has 1 aromatic rings. The Morgan fingerprint density at radius 3 is 1.71 bits per heavy atom. The van der Waals surface area contributed by atoms with E-state index >= 15 is 0 Å². The second kappa shape index (κ2) is 15.0. The summed E-state index contributed by atoms with van der Waals surface area (Å²) in [5.41, 5.74) is 0. The Morgan fingerprint density at radius 1 is 0.750 bits per heavy atom. The first-order chi connectivity index (χ1) is 11.2. The van der Waals surface area contributed by atoms with E-state index in [1.54, 1.807) is 30.3 Å². The number of benzene rings is 1. The zero-order chi connectivity index (χ0) is 16.8. The maximum Gasteiger partial charge on any atom is 0.296 e. The second-order valence-corrected chi connectivity index (χ2v) is 7.74. The topological polar surface area (TPSA) is 43.4 Å². The zero-order valence-electron chi connectivity index (χ0n) is 15.5. The van der Waals surface area contributed by atoms with Gasteiger partial charge in [-0.2, -0.15) is 8.42 Å². The van der Waals surface area contributed by atoms with Gasteiger partial charge in [0, 0.05) is 18.9 Å². The van der Waals surface area contributed by atoms with Crippen LogP contribution in [0.1, 0.15) is 77.6 Å². The molecule has 0 saturated carbocycles. The smallest absolute Gasteiger partial charge is 0.266 e. The van der Waals surface area contributed by atoms with E-state index in [0.717, 1.165) is 12.8 Å². The molecular formula is C19H32LiO3S. The van der Waals surface area contributed by atoms with Crippen molar-refractivity contribution in [3.05, 3.63) is 30.3 Å². The van der Waals surface area contributed by atoms with Crippen LogP contribution >= 0.6 is 0 Å². The van der Waals surface area contributed by atoms with E-state index in [-0.39, 0.29) is 30.4 Å². The third-order valence-electron chi connectivity index (χ3n) is 4.02. The molecule has 0 unspecified atom stereocenters. The molecular weight excluding hydrogens is 315 g/mol. The summed E-state index contributed by atoms with van der Waals surface area (Å²) in [6.45, 7) is 2.53. The van der Waals surface area contributed by atoms with Crippen molar-refractivity contribution >= 4 is 29.0 Å². The van der Waals surface area contributed by atoms with Crippen LogP contribution < -0.4 is 0 Å². The largest absolute Gasteiger partial charge is 0.296 e. The molecule has 1 rings (SSSR count). The third-order valence-corrected chi connectivity index (χ3v) is 5.34. The first kappa shape index (κ1) is 23.7. The molecule has 0 saturated heterocycles. The van der Waals surface area contributed by atoms with Gasteiger partial charge in [-0.15, -0.1) is 0 Å². The van der Waals surface area contributed by atoms with Crippen LogP contribution in [0.15, 0.2) is 35.2 Å². The maximum atomic E-state index is 11.9. The maximum absolute atomic E-state index is 11.9. The average Bonchev–Trinajstić information content (AvgIpc) is 2.56. The molecule has 0 fully saturated rings. The second-order valence-electron chi connectivity index (χ2n) is 6.12. The molecule has 0 aliphatic rings. The molecule has 1 radical (unpaired) electrons. The normalized spacial score (nSPS) is 11.2. The van der Waals surface area contributed by atoms with Crippen LogP contribution in [0.3, 0.4) is 0 Å². The SMILES string of the molecule is CCCCCCCCCCCCCOS(=O)(=O)c1ccccc1.[Li]. The summed E-state index contributed by atoms with van der Waals surface area (Å²) < 4.78 is 28.9. The van der Waals surface area contributed by atoms with Crippen molar-refractivity contribution in [2.75, 3.05) is 6.61 Å². The van der Waals surface area contributed by atoms with E-state index in [1.165, 1.54) is 57.8 Å². The van der Waals surface area contributed by atoms with Crippen LogP contribution in [0.4, 0.5) is 0 Å². The molecule has 0 spiro atoms.